The zero-order chi connectivity index (χ0) is 10.1. The van der Waals surface area contributed by atoms with Crippen molar-refractivity contribution in [3.05, 3.63) is 23.1 Å². The van der Waals surface area contributed by atoms with E-state index in [1.165, 1.54) is 11.3 Å². The molecule has 0 fully saturated rings. The molecule has 1 heterocycles. The Labute approximate surface area is 84.6 Å². The minimum Gasteiger partial charge on any atom is -0.506 e. The number of carbonyl (C=O) groups is 1. The van der Waals surface area contributed by atoms with Gasteiger partial charge in [-0.3, -0.25) is 4.79 Å². The molecule has 14 heavy (non-hydrogen) atoms. The second kappa shape index (κ2) is 3.31. The molecule has 0 aliphatic rings. The van der Waals surface area contributed by atoms with Crippen LogP contribution in [0.3, 0.4) is 0 Å². The second-order valence-corrected chi connectivity index (χ2v) is 3.72. The third-order valence-corrected chi connectivity index (χ3v) is 3.00. The number of carbonyl (C=O) groups excluding carboxylic acids is 1. The molecule has 0 saturated carbocycles. The van der Waals surface area contributed by atoms with Gasteiger partial charge in [-0.05, 0) is 12.1 Å². The largest absolute Gasteiger partial charge is 0.506 e. The van der Waals surface area contributed by atoms with Crippen LogP contribution < -0.4 is 4.74 Å². The monoisotopic (exact) mass is 208 g/mol. The number of fused-ring (bicyclic) bond motifs is 1. The molecule has 0 bridgehead atoms. The fraction of sp³-hybridized carbons (Fsp3) is 0.100. The molecule has 1 aromatic heterocycles. The van der Waals surface area contributed by atoms with E-state index in [1.54, 1.807) is 24.6 Å². The fourth-order valence-corrected chi connectivity index (χ4v) is 2.24. The summed E-state index contributed by atoms with van der Waals surface area (Å²) in [6.07, 6.45) is 0.735. The number of benzene rings is 1. The van der Waals surface area contributed by atoms with Gasteiger partial charge in [-0.1, -0.05) is 0 Å². The van der Waals surface area contributed by atoms with E-state index in [4.69, 9.17) is 4.74 Å². The van der Waals surface area contributed by atoms with E-state index < -0.39 is 0 Å². The van der Waals surface area contributed by atoms with E-state index in [1.807, 2.05) is 0 Å². The number of ether oxygens (including phenoxy) is 1. The van der Waals surface area contributed by atoms with Crippen molar-refractivity contribution in [3.8, 4) is 11.5 Å². The van der Waals surface area contributed by atoms with Crippen molar-refractivity contribution in [1.82, 2.24) is 0 Å². The topological polar surface area (TPSA) is 46.5 Å². The summed E-state index contributed by atoms with van der Waals surface area (Å²) in [6, 6.07) is 3.31. The Morgan fingerprint density at radius 3 is 2.93 bits per heavy atom. The third kappa shape index (κ3) is 1.24. The molecule has 1 aromatic carbocycles. The van der Waals surface area contributed by atoms with E-state index in [0.29, 0.717) is 16.7 Å². The molecule has 0 aliphatic heterocycles. The highest BCUT2D eigenvalue weighted by Gasteiger charge is 2.09. The maximum Gasteiger partial charge on any atom is 0.150 e. The third-order valence-electron chi connectivity index (χ3n) is 2.00. The summed E-state index contributed by atoms with van der Waals surface area (Å²) >= 11 is 1.39. The van der Waals surface area contributed by atoms with Crippen LogP contribution in [0.25, 0.3) is 10.1 Å². The van der Waals surface area contributed by atoms with Gasteiger partial charge in [0.15, 0.2) is 0 Å². The zero-order valence-corrected chi connectivity index (χ0v) is 8.30. The highest BCUT2D eigenvalue weighted by atomic mass is 32.1. The standard InChI is InChI=1S/C10H8O3S/c1-13-9-3-6(4-11)2-7-8(12)5-14-10(7)9/h2-5,12H,1H3. The predicted octanol–water partition coefficient (Wildman–Crippen LogP) is 2.43. The molecule has 0 radical (unpaired) electrons. The van der Waals surface area contributed by atoms with Gasteiger partial charge in [0.05, 0.1) is 11.8 Å². The van der Waals surface area contributed by atoms with Crippen molar-refractivity contribution in [2.24, 2.45) is 0 Å². The summed E-state index contributed by atoms with van der Waals surface area (Å²) in [5, 5.41) is 11.8. The minimum atomic E-state index is 0.187. The molecule has 2 rings (SSSR count). The van der Waals surface area contributed by atoms with Gasteiger partial charge < -0.3 is 9.84 Å². The normalized spacial score (nSPS) is 10.4. The molecular formula is C10H8O3S. The maximum absolute atomic E-state index is 10.6. The van der Waals surface area contributed by atoms with Crippen molar-refractivity contribution >= 4 is 27.7 Å². The Hall–Kier alpha value is -1.55. The Morgan fingerprint density at radius 1 is 1.50 bits per heavy atom. The Kier molecular flexibility index (Phi) is 2.13. The Balaban J connectivity index is 2.82. The van der Waals surface area contributed by atoms with Crippen molar-refractivity contribution in [2.75, 3.05) is 7.11 Å². The van der Waals surface area contributed by atoms with Gasteiger partial charge in [-0.15, -0.1) is 11.3 Å². The van der Waals surface area contributed by atoms with E-state index >= 15 is 0 Å². The summed E-state index contributed by atoms with van der Waals surface area (Å²) in [4.78, 5) is 10.6. The van der Waals surface area contributed by atoms with Crippen molar-refractivity contribution < 1.29 is 14.6 Å². The number of aldehydes is 1. The lowest BCUT2D eigenvalue weighted by Gasteiger charge is -2.02. The van der Waals surface area contributed by atoms with Gasteiger partial charge >= 0.3 is 0 Å². The molecule has 0 spiro atoms. The molecular weight excluding hydrogens is 200 g/mol. The quantitative estimate of drug-likeness (QED) is 0.771. The molecule has 0 atom stereocenters. The lowest BCUT2D eigenvalue weighted by molar-refractivity contribution is 0.112. The number of rotatable bonds is 2. The molecule has 72 valence electrons. The van der Waals surface area contributed by atoms with Gasteiger partial charge in [0, 0.05) is 16.3 Å². The van der Waals surface area contributed by atoms with Crippen LogP contribution >= 0.6 is 11.3 Å². The van der Waals surface area contributed by atoms with Crippen LogP contribution in [0.4, 0.5) is 0 Å². The molecule has 1 N–H and O–H groups in total. The highest BCUT2D eigenvalue weighted by molar-refractivity contribution is 7.18. The smallest absolute Gasteiger partial charge is 0.150 e. The van der Waals surface area contributed by atoms with Crippen molar-refractivity contribution in [3.63, 3.8) is 0 Å². The molecule has 0 aliphatic carbocycles. The van der Waals surface area contributed by atoms with Gasteiger partial charge in [-0.2, -0.15) is 0 Å². The van der Waals surface area contributed by atoms with Crippen LogP contribution in [-0.4, -0.2) is 18.5 Å². The van der Waals surface area contributed by atoms with Gasteiger partial charge in [0.25, 0.3) is 0 Å². The lowest BCUT2D eigenvalue weighted by atomic mass is 10.1. The summed E-state index contributed by atoms with van der Waals surface area (Å²) in [5.74, 6) is 0.807. The first kappa shape index (κ1) is 9.02. The summed E-state index contributed by atoms with van der Waals surface area (Å²) in [5.41, 5.74) is 0.503. The molecule has 4 heteroatoms. The van der Waals surface area contributed by atoms with Crippen LogP contribution in [0.1, 0.15) is 10.4 Å². The average Bonchev–Trinajstić information content (AvgIpc) is 2.59. The van der Waals surface area contributed by atoms with Gasteiger partial charge in [0.2, 0.25) is 0 Å². The molecule has 0 unspecified atom stereocenters. The van der Waals surface area contributed by atoms with Crippen molar-refractivity contribution in [2.45, 2.75) is 0 Å². The molecule has 0 saturated heterocycles. The number of hydrogen-bond donors (Lipinski definition) is 1. The summed E-state index contributed by atoms with van der Waals surface area (Å²) in [7, 11) is 1.54. The second-order valence-electron chi connectivity index (χ2n) is 2.84. The fourth-order valence-electron chi connectivity index (χ4n) is 1.33. The van der Waals surface area contributed by atoms with Gasteiger partial charge in [0.1, 0.15) is 17.8 Å². The first-order valence-electron chi connectivity index (χ1n) is 3.99. The maximum atomic E-state index is 10.6. The summed E-state index contributed by atoms with van der Waals surface area (Å²) < 4.78 is 5.98. The van der Waals surface area contributed by atoms with Crippen LogP contribution in [-0.2, 0) is 0 Å². The average molecular weight is 208 g/mol. The predicted molar refractivity (Wildman–Crippen MR) is 55.4 cm³/mol. The SMILES string of the molecule is COc1cc(C=O)cc2c(O)csc12. The Bertz CT molecular complexity index is 487. The number of thiophene rings is 1. The van der Waals surface area contributed by atoms with E-state index in [9.17, 15) is 9.90 Å². The zero-order valence-electron chi connectivity index (χ0n) is 7.48. The van der Waals surface area contributed by atoms with Crippen LogP contribution in [0.15, 0.2) is 17.5 Å². The number of hydrogen-bond acceptors (Lipinski definition) is 4. The summed E-state index contributed by atoms with van der Waals surface area (Å²) in [6.45, 7) is 0. The first-order chi connectivity index (χ1) is 6.76. The molecule has 2 aromatic rings. The Morgan fingerprint density at radius 2 is 2.29 bits per heavy atom. The van der Waals surface area contributed by atoms with Crippen LogP contribution in [0.2, 0.25) is 0 Å². The van der Waals surface area contributed by atoms with E-state index in [0.717, 1.165) is 11.0 Å². The van der Waals surface area contributed by atoms with Crippen LogP contribution in [0, 0.1) is 0 Å². The number of methoxy groups -OCH3 is 1. The van der Waals surface area contributed by atoms with Crippen LogP contribution in [0.5, 0.6) is 11.5 Å². The number of aromatic hydroxyl groups is 1. The molecule has 0 amide bonds. The lowest BCUT2D eigenvalue weighted by Crippen LogP contribution is -1.86. The van der Waals surface area contributed by atoms with Crippen molar-refractivity contribution in [1.29, 1.82) is 0 Å². The highest BCUT2D eigenvalue weighted by Crippen LogP contribution is 2.38. The van der Waals surface area contributed by atoms with E-state index in [-0.39, 0.29) is 5.75 Å². The first-order valence-corrected chi connectivity index (χ1v) is 4.87. The van der Waals surface area contributed by atoms with Gasteiger partial charge in [-0.25, -0.2) is 0 Å². The molecule has 3 nitrogen and oxygen atoms in total. The van der Waals surface area contributed by atoms with E-state index in [2.05, 4.69) is 0 Å². The minimum absolute atomic E-state index is 0.187.